The third-order valence-corrected chi connectivity index (χ3v) is 3.50. The largest absolute Gasteiger partial charge is 0.504 e. The van der Waals surface area contributed by atoms with Gasteiger partial charge in [0.05, 0.1) is 7.11 Å². The fraction of sp³-hybridized carbons (Fsp3) is 0.538. The molecule has 1 saturated heterocycles. The van der Waals surface area contributed by atoms with E-state index < -0.39 is 0 Å². The highest BCUT2D eigenvalue weighted by molar-refractivity contribution is 5.55. The van der Waals surface area contributed by atoms with Crippen molar-refractivity contribution in [1.82, 2.24) is 5.32 Å². The van der Waals surface area contributed by atoms with Gasteiger partial charge in [0.25, 0.3) is 0 Å². The van der Waals surface area contributed by atoms with Crippen LogP contribution in [0, 0.1) is 13.8 Å². The molecule has 3 nitrogen and oxygen atoms in total. The van der Waals surface area contributed by atoms with Crippen molar-refractivity contribution in [1.29, 1.82) is 0 Å². The molecule has 1 fully saturated rings. The van der Waals surface area contributed by atoms with Crippen LogP contribution in [0.5, 0.6) is 11.5 Å². The Hall–Kier alpha value is -1.22. The van der Waals surface area contributed by atoms with Crippen molar-refractivity contribution >= 4 is 0 Å². The fourth-order valence-corrected chi connectivity index (χ4v) is 2.38. The fourth-order valence-electron chi connectivity index (χ4n) is 2.38. The Labute approximate surface area is 96.4 Å². The van der Waals surface area contributed by atoms with Crippen LogP contribution in [0.4, 0.5) is 0 Å². The van der Waals surface area contributed by atoms with E-state index in [1.807, 2.05) is 6.92 Å². The summed E-state index contributed by atoms with van der Waals surface area (Å²) in [6.45, 7) is 6.01. The van der Waals surface area contributed by atoms with E-state index >= 15 is 0 Å². The van der Waals surface area contributed by atoms with Crippen LogP contribution >= 0.6 is 0 Å². The molecular weight excluding hydrogens is 202 g/mol. The van der Waals surface area contributed by atoms with Crippen molar-refractivity contribution in [2.45, 2.75) is 26.2 Å². The van der Waals surface area contributed by atoms with Crippen LogP contribution in [-0.2, 0) is 0 Å². The van der Waals surface area contributed by atoms with Crippen molar-refractivity contribution in [2.75, 3.05) is 20.2 Å². The number of methoxy groups -OCH3 is 1. The van der Waals surface area contributed by atoms with E-state index in [1.54, 1.807) is 7.11 Å². The molecule has 1 aromatic rings. The molecule has 0 radical (unpaired) electrons. The topological polar surface area (TPSA) is 41.5 Å². The maximum atomic E-state index is 10.2. The predicted octanol–water partition coefficient (Wildman–Crippen LogP) is 2.09. The predicted molar refractivity (Wildman–Crippen MR) is 64.4 cm³/mol. The first-order chi connectivity index (χ1) is 7.65. The van der Waals surface area contributed by atoms with Crippen molar-refractivity contribution in [3.63, 3.8) is 0 Å². The molecule has 1 unspecified atom stereocenters. The summed E-state index contributed by atoms with van der Waals surface area (Å²) in [4.78, 5) is 0. The molecule has 1 aromatic carbocycles. The van der Waals surface area contributed by atoms with Crippen LogP contribution in [0.2, 0.25) is 0 Å². The SMILES string of the molecule is COc1c(C)c(C)cc(C2CCNC2)c1O. The lowest BCUT2D eigenvalue weighted by molar-refractivity contribution is 0.366. The average molecular weight is 221 g/mol. The molecule has 0 bridgehead atoms. The first kappa shape index (κ1) is 11.3. The molecule has 2 N–H and O–H groups in total. The molecule has 1 aliphatic rings. The molecule has 0 aromatic heterocycles. The van der Waals surface area contributed by atoms with Crippen molar-refractivity contribution < 1.29 is 9.84 Å². The summed E-state index contributed by atoms with van der Waals surface area (Å²) in [5.41, 5.74) is 3.22. The van der Waals surface area contributed by atoms with Crippen molar-refractivity contribution in [3.8, 4) is 11.5 Å². The number of phenolic OH excluding ortho intramolecular Hbond substituents is 1. The number of benzene rings is 1. The minimum absolute atomic E-state index is 0.319. The van der Waals surface area contributed by atoms with E-state index in [9.17, 15) is 5.11 Å². The summed E-state index contributed by atoms with van der Waals surface area (Å²) in [5.74, 6) is 1.36. The normalized spacial score (nSPS) is 20.1. The Kier molecular flexibility index (Phi) is 3.06. The third-order valence-electron chi connectivity index (χ3n) is 3.50. The molecule has 0 amide bonds. The number of ether oxygens (including phenoxy) is 1. The lowest BCUT2D eigenvalue weighted by atomic mass is 9.93. The van der Waals surface area contributed by atoms with Gasteiger partial charge < -0.3 is 15.2 Å². The maximum Gasteiger partial charge on any atom is 0.163 e. The summed E-state index contributed by atoms with van der Waals surface area (Å²) in [6, 6.07) is 2.09. The number of rotatable bonds is 2. The second-order valence-corrected chi connectivity index (χ2v) is 4.48. The van der Waals surface area contributed by atoms with E-state index in [0.717, 1.165) is 30.6 Å². The van der Waals surface area contributed by atoms with Gasteiger partial charge in [-0.1, -0.05) is 6.07 Å². The quantitative estimate of drug-likeness (QED) is 0.803. The first-order valence-electron chi connectivity index (χ1n) is 5.73. The summed E-state index contributed by atoms with van der Waals surface area (Å²) in [5, 5.41) is 13.5. The lowest BCUT2D eigenvalue weighted by Crippen LogP contribution is -2.08. The van der Waals surface area contributed by atoms with E-state index in [2.05, 4.69) is 18.3 Å². The second-order valence-electron chi connectivity index (χ2n) is 4.48. The van der Waals surface area contributed by atoms with Gasteiger partial charge in [-0.25, -0.2) is 0 Å². The standard InChI is InChI=1S/C13H19NO2/c1-8-6-11(10-4-5-14-7-10)12(15)13(16-3)9(8)2/h6,10,14-15H,4-5,7H2,1-3H3. The van der Waals surface area contributed by atoms with Crippen molar-refractivity contribution in [3.05, 3.63) is 22.8 Å². The molecule has 1 atom stereocenters. The number of aryl methyl sites for hydroxylation is 1. The average Bonchev–Trinajstić information content (AvgIpc) is 2.77. The Bertz CT molecular complexity index is 395. The molecular formula is C13H19NO2. The van der Waals surface area contributed by atoms with Crippen LogP contribution in [0.25, 0.3) is 0 Å². The van der Waals surface area contributed by atoms with Gasteiger partial charge in [-0.15, -0.1) is 0 Å². The van der Waals surface area contributed by atoms with E-state index in [-0.39, 0.29) is 0 Å². The molecule has 88 valence electrons. The van der Waals surface area contributed by atoms with Gasteiger partial charge >= 0.3 is 0 Å². The smallest absolute Gasteiger partial charge is 0.163 e. The number of phenols is 1. The highest BCUT2D eigenvalue weighted by Crippen LogP contribution is 2.40. The number of nitrogens with one attached hydrogen (secondary N) is 1. The third kappa shape index (κ3) is 1.76. The Balaban J connectivity index is 2.49. The molecule has 0 saturated carbocycles. The van der Waals surface area contributed by atoms with Gasteiger partial charge in [-0.3, -0.25) is 0 Å². The Morgan fingerprint density at radius 2 is 2.19 bits per heavy atom. The highest BCUT2D eigenvalue weighted by Gasteiger charge is 2.23. The molecule has 1 heterocycles. The summed E-state index contributed by atoms with van der Waals surface area (Å²) in [6.07, 6.45) is 1.08. The van der Waals surface area contributed by atoms with Gasteiger partial charge in [0.2, 0.25) is 0 Å². The van der Waals surface area contributed by atoms with Crippen LogP contribution in [0.3, 0.4) is 0 Å². The maximum absolute atomic E-state index is 10.2. The molecule has 0 spiro atoms. The Morgan fingerprint density at radius 1 is 1.44 bits per heavy atom. The summed E-state index contributed by atoms with van der Waals surface area (Å²) in [7, 11) is 1.61. The zero-order valence-electron chi connectivity index (χ0n) is 10.1. The minimum Gasteiger partial charge on any atom is -0.504 e. The lowest BCUT2D eigenvalue weighted by Gasteiger charge is -2.17. The molecule has 2 rings (SSSR count). The van der Waals surface area contributed by atoms with Crippen molar-refractivity contribution in [2.24, 2.45) is 0 Å². The van der Waals surface area contributed by atoms with Gasteiger partial charge in [0, 0.05) is 18.0 Å². The van der Waals surface area contributed by atoms with E-state index in [0.29, 0.717) is 17.4 Å². The minimum atomic E-state index is 0.319. The molecule has 0 aliphatic carbocycles. The van der Waals surface area contributed by atoms with E-state index in [4.69, 9.17) is 4.74 Å². The van der Waals surface area contributed by atoms with Gasteiger partial charge in [0.1, 0.15) is 0 Å². The molecule has 3 heteroatoms. The Morgan fingerprint density at radius 3 is 2.75 bits per heavy atom. The number of hydrogen-bond donors (Lipinski definition) is 2. The summed E-state index contributed by atoms with van der Waals surface area (Å²) < 4.78 is 5.29. The van der Waals surface area contributed by atoms with Gasteiger partial charge in [-0.2, -0.15) is 0 Å². The van der Waals surface area contributed by atoms with E-state index in [1.165, 1.54) is 5.56 Å². The van der Waals surface area contributed by atoms with Gasteiger partial charge in [0.15, 0.2) is 11.5 Å². The van der Waals surface area contributed by atoms with Gasteiger partial charge in [-0.05, 0) is 37.9 Å². The number of hydrogen-bond acceptors (Lipinski definition) is 3. The summed E-state index contributed by atoms with van der Waals surface area (Å²) >= 11 is 0. The van der Waals surface area contributed by atoms with Crippen LogP contribution in [0.1, 0.15) is 29.0 Å². The second kappa shape index (κ2) is 4.34. The zero-order valence-corrected chi connectivity index (χ0v) is 10.1. The highest BCUT2D eigenvalue weighted by atomic mass is 16.5. The van der Waals surface area contributed by atoms with Crippen LogP contribution in [-0.4, -0.2) is 25.3 Å². The monoisotopic (exact) mass is 221 g/mol. The zero-order chi connectivity index (χ0) is 11.7. The number of aromatic hydroxyl groups is 1. The first-order valence-corrected chi connectivity index (χ1v) is 5.73. The molecule has 16 heavy (non-hydrogen) atoms. The van der Waals surface area contributed by atoms with Crippen LogP contribution < -0.4 is 10.1 Å². The molecule has 1 aliphatic heterocycles. The van der Waals surface area contributed by atoms with Crippen LogP contribution in [0.15, 0.2) is 6.07 Å².